The zero-order chi connectivity index (χ0) is 19.7. The lowest BCUT2D eigenvalue weighted by Crippen LogP contribution is -2.68. The van der Waals surface area contributed by atoms with E-state index in [4.69, 9.17) is 0 Å². The number of hydrogen-bond acceptors (Lipinski definition) is 3. The lowest BCUT2D eigenvalue weighted by atomic mass is 9.34. The number of aromatic nitrogens is 2. The van der Waals surface area contributed by atoms with Gasteiger partial charge in [0.05, 0.1) is 17.7 Å². The molecule has 1 amide bonds. The predicted octanol–water partition coefficient (Wildman–Crippen LogP) is 3.91. The van der Waals surface area contributed by atoms with Gasteiger partial charge in [-0.2, -0.15) is 10.2 Å². The molecule has 1 aromatic carbocycles. The Morgan fingerprint density at radius 3 is 2.46 bits per heavy atom. The van der Waals surface area contributed by atoms with E-state index in [9.17, 15) is 13.6 Å². The smallest absolute Gasteiger partial charge is 0.249 e. The second-order valence-corrected chi connectivity index (χ2v) is 8.78. The number of carbonyl (C=O) groups is 1. The van der Waals surface area contributed by atoms with Gasteiger partial charge in [0.1, 0.15) is 11.6 Å². The van der Waals surface area contributed by atoms with E-state index in [1.807, 2.05) is 17.8 Å². The molecule has 0 radical (unpaired) electrons. The lowest BCUT2D eigenvalue weighted by Gasteiger charge is -2.69. The van der Waals surface area contributed by atoms with Crippen molar-refractivity contribution in [1.82, 2.24) is 14.8 Å². The summed E-state index contributed by atoms with van der Waals surface area (Å²) in [6.07, 6.45) is 6.49. The Morgan fingerprint density at radius 1 is 1.18 bits per heavy atom. The first-order chi connectivity index (χ1) is 13.3. The zero-order valence-corrected chi connectivity index (χ0v) is 16.0. The van der Waals surface area contributed by atoms with Gasteiger partial charge in [0.15, 0.2) is 0 Å². The molecule has 1 unspecified atom stereocenters. The predicted molar refractivity (Wildman–Crippen MR) is 99.5 cm³/mol. The molecular weight excluding hydrogens is 362 g/mol. The minimum atomic E-state index is -0.636. The molecule has 0 N–H and O–H groups in total. The first-order valence-electron chi connectivity index (χ1n) is 9.62. The second-order valence-electron chi connectivity index (χ2n) is 8.78. The zero-order valence-electron chi connectivity index (χ0n) is 16.0. The quantitative estimate of drug-likeness (QED) is 0.803. The molecule has 7 heteroatoms. The third-order valence-electron chi connectivity index (χ3n) is 6.74. The fraction of sp³-hybridized carbons (Fsp3) is 0.476. The number of hydrazone groups is 1. The summed E-state index contributed by atoms with van der Waals surface area (Å²) in [5.74, 6) is -1.29. The minimum absolute atomic E-state index is 0.0221. The summed E-state index contributed by atoms with van der Waals surface area (Å²) in [5, 5.41) is 10.1. The number of halogens is 2. The largest absolute Gasteiger partial charge is 0.272 e. The van der Waals surface area contributed by atoms with Crippen LogP contribution < -0.4 is 0 Å². The van der Waals surface area contributed by atoms with Gasteiger partial charge >= 0.3 is 0 Å². The van der Waals surface area contributed by atoms with E-state index in [0.29, 0.717) is 12.0 Å². The standard InChI is InChI=1S/C21H22F2N4O/c1-13-8-25-26(14(13)2)12-20-9-21(10-20,11-20)19(28)27-18(3-4-24-27)15-5-16(22)7-17(23)6-15/h4-8,18H,3,9-12H2,1-2H3. The summed E-state index contributed by atoms with van der Waals surface area (Å²) in [5.41, 5.74) is 2.56. The normalized spacial score (nSPS) is 30.3. The van der Waals surface area contributed by atoms with Gasteiger partial charge in [-0.25, -0.2) is 13.8 Å². The average Bonchev–Trinajstić information content (AvgIpc) is 3.17. The third-order valence-corrected chi connectivity index (χ3v) is 6.74. The van der Waals surface area contributed by atoms with Crippen molar-refractivity contribution >= 4 is 12.1 Å². The molecule has 1 atom stereocenters. The van der Waals surface area contributed by atoms with E-state index in [0.717, 1.165) is 31.9 Å². The van der Waals surface area contributed by atoms with Crippen LogP contribution in [0.25, 0.3) is 0 Å². The highest BCUT2D eigenvalue weighted by atomic mass is 19.1. The molecule has 4 aliphatic rings. The molecule has 1 aliphatic heterocycles. The molecule has 0 spiro atoms. The van der Waals surface area contributed by atoms with E-state index in [-0.39, 0.29) is 16.7 Å². The fourth-order valence-electron chi connectivity index (χ4n) is 5.31. The van der Waals surface area contributed by atoms with Gasteiger partial charge in [-0.15, -0.1) is 0 Å². The Labute approximate surface area is 162 Å². The van der Waals surface area contributed by atoms with Crippen LogP contribution in [-0.2, 0) is 11.3 Å². The third kappa shape index (κ3) is 2.45. The Morgan fingerprint density at radius 2 is 1.86 bits per heavy atom. The van der Waals surface area contributed by atoms with Gasteiger partial charge in [0.25, 0.3) is 0 Å². The summed E-state index contributed by atoms with van der Waals surface area (Å²) in [6, 6.07) is 2.98. The van der Waals surface area contributed by atoms with Crippen LogP contribution in [0.4, 0.5) is 8.78 Å². The maximum Gasteiger partial charge on any atom is 0.249 e. The van der Waals surface area contributed by atoms with Crippen molar-refractivity contribution < 1.29 is 13.6 Å². The minimum Gasteiger partial charge on any atom is -0.272 e. The van der Waals surface area contributed by atoms with Crippen molar-refractivity contribution in [2.24, 2.45) is 15.9 Å². The van der Waals surface area contributed by atoms with Crippen molar-refractivity contribution in [3.05, 3.63) is 52.9 Å². The number of nitrogens with zero attached hydrogens (tertiary/aromatic N) is 4. The molecule has 146 valence electrons. The maximum absolute atomic E-state index is 13.6. The summed E-state index contributed by atoms with van der Waals surface area (Å²) >= 11 is 0. The van der Waals surface area contributed by atoms with E-state index < -0.39 is 17.7 Å². The Balaban J connectivity index is 1.30. The maximum atomic E-state index is 13.6. The number of hydrogen-bond donors (Lipinski definition) is 0. The number of carbonyl (C=O) groups excluding carboxylic acids is 1. The lowest BCUT2D eigenvalue weighted by molar-refractivity contribution is -0.223. The Hall–Kier alpha value is -2.57. The summed E-state index contributed by atoms with van der Waals surface area (Å²) in [4.78, 5) is 13.2. The SMILES string of the molecule is Cc1cnn(CC23CC(C(=O)N4N=CCC4c4cc(F)cc(F)c4)(C2)C3)c1C. The van der Waals surface area contributed by atoms with E-state index in [1.54, 1.807) is 6.21 Å². The highest BCUT2D eigenvalue weighted by Crippen LogP contribution is 2.74. The molecule has 3 saturated carbocycles. The van der Waals surface area contributed by atoms with Crippen LogP contribution in [0.1, 0.15) is 48.5 Å². The first kappa shape index (κ1) is 17.5. The number of amides is 1. The summed E-state index contributed by atoms with van der Waals surface area (Å²) in [7, 11) is 0. The topological polar surface area (TPSA) is 50.5 Å². The van der Waals surface area contributed by atoms with E-state index >= 15 is 0 Å². The van der Waals surface area contributed by atoms with Gasteiger partial charge in [-0.05, 0) is 61.8 Å². The monoisotopic (exact) mass is 384 g/mol. The van der Waals surface area contributed by atoms with Crippen LogP contribution in [0.15, 0.2) is 29.5 Å². The van der Waals surface area contributed by atoms with Crippen molar-refractivity contribution in [2.75, 3.05) is 0 Å². The van der Waals surface area contributed by atoms with Crippen molar-refractivity contribution in [3.63, 3.8) is 0 Å². The number of rotatable bonds is 4. The first-order valence-corrected chi connectivity index (χ1v) is 9.62. The van der Waals surface area contributed by atoms with Gasteiger partial charge in [-0.1, -0.05) is 0 Å². The number of aryl methyl sites for hydroxylation is 1. The molecular formula is C21H22F2N4O. The molecule has 5 nitrogen and oxygen atoms in total. The van der Waals surface area contributed by atoms with Gasteiger partial charge in [0, 0.05) is 30.9 Å². The van der Waals surface area contributed by atoms with E-state index in [1.165, 1.54) is 28.4 Å². The van der Waals surface area contributed by atoms with Crippen molar-refractivity contribution in [3.8, 4) is 0 Å². The summed E-state index contributed by atoms with van der Waals surface area (Å²) < 4.78 is 29.3. The van der Waals surface area contributed by atoms with Crippen LogP contribution in [0.2, 0.25) is 0 Å². The molecule has 28 heavy (non-hydrogen) atoms. The van der Waals surface area contributed by atoms with Crippen molar-refractivity contribution in [1.29, 1.82) is 0 Å². The molecule has 1 aromatic heterocycles. The Bertz CT molecular complexity index is 972. The average molecular weight is 384 g/mol. The van der Waals surface area contributed by atoms with Gasteiger partial charge in [-0.3, -0.25) is 9.48 Å². The van der Waals surface area contributed by atoms with Crippen molar-refractivity contribution in [2.45, 2.75) is 52.1 Å². The van der Waals surface area contributed by atoms with Gasteiger partial charge in [0.2, 0.25) is 5.91 Å². The van der Waals surface area contributed by atoms with Crippen LogP contribution in [0, 0.1) is 36.3 Å². The highest BCUT2D eigenvalue weighted by molar-refractivity contribution is 5.88. The molecule has 0 saturated heterocycles. The Kier molecular flexibility index (Phi) is 3.58. The van der Waals surface area contributed by atoms with Crippen LogP contribution >= 0.6 is 0 Å². The molecule has 3 fully saturated rings. The molecule has 6 rings (SSSR count). The molecule has 3 aliphatic carbocycles. The summed E-state index contributed by atoms with van der Waals surface area (Å²) in [6.45, 7) is 4.95. The van der Waals surface area contributed by atoms with Crippen LogP contribution in [0.3, 0.4) is 0 Å². The molecule has 2 aromatic rings. The van der Waals surface area contributed by atoms with Crippen LogP contribution in [0.5, 0.6) is 0 Å². The van der Waals surface area contributed by atoms with Crippen LogP contribution in [-0.4, -0.2) is 26.9 Å². The number of benzene rings is 1. The fourth-order valence-corrected chi connectivity index (χ4v) is 5.31. The van der Waals surface area contributed by atoms with Gasteiger partial charge < -0.3 is 0 Å². The highest BCUT2D eigenvalue weighted by Gasteiger charge is 2.72. The molecule has 2 bridgehead atoms. The van der Waals surface area contributed by atoms with E-state index in [2.05, 4.69) is 17.1 Å². The molecule has 2 heterocycles. The second kappa shape index (κ2) is 5.72.